The van der Waals surface area contributed by atoms with Gasteiger partial charge in [0.15, 0.2) is 0 Å². The van der Waals surface area contributed by atoms with Crippen LogP contribution in [0, 0.1) is 0 Å². The van der Waals surface area contributed by atoms with Crippen LogP contribution in [0.5, 0.6) is 5.75 Å². The van der Waals surface area contributed by atoms with Gasteiger partial charge < -0.3 is 4.74 Å². The molecule has 1 atom stereocenters. The Morgan fingerprint density at radius 1 is 1.50 bits per heavy atom. The molecule has 0 saturated carbocycles. The van der Waals surface area contributed by atoms with E-state index in [1.54, 1.807) is 12.4 Å². The third-order valence-corrected chi connectivity index (χ3v) is 3.56. The Labute approximate surface area is 97.4 Å². The third-order valence-electron chi connectivity index (χ3n) is 3.56. The van der Waals surface area contributed by atoms with Crippen molar-refractivity contribution in [1.82, 2.24) is 9.88 Å². The number of ether oxygens (including phenoxy) is 1. The maximum absolute atomic E-state index is 5.81. The van der Waals surface area contributed by atoms with E-state index in [1.807, 2.05) is 12.1 Å². The van der Waals surface area contributed by atoms with E-state index in [0.29, 0.717) is 0 Å². The lowest BCUT2D eigenvalue weighted by atomic mass is 9.90. The predicted octanol–water partition coefficient (Wildman–Crippen LogP) is 2.33. The van der Waals surface area contributed by atoms with Gasteiger partial charge in [0, 0.05) is 6.20 Å². The first kappa shape index (κ1) is 11.4. The lowest BCUT2D eigenvalue weighted by molar-refractivity contribution is 0.0419. The molecule has 2 rings (SSSR count). The van der Waals surface area contributed by atoms with Crippen LogP contribution in [-0.4, -0.2) is 35.6 Å². The quantitative estimate of drug-likeness (QED) is 0.781. The molecule has 1 aliphatic heterocycles. The lowest BCUT2D eigenvalue weighted by Crippen LogP contribution is -2.51. The maximum atomic E-state index is 5.81. The molecule has 2 heterocycles. The Balaban J connectivity index is 1.93. The predicted molar refractivity (Wildman–Crippen MR) is 64.6 cm³/mol. The summed E-state index contributed by atoms with van der Waals surface area (Å²) in [6, 6.07) is 3.86. The first-order valence-electron chi connectivity index (χ1n) is 5.95. The van der Waals surface area contributed by atoms with E-state index in [-0.39, 0.29) is 5.54 Å². The summed E-state index contributed by atoms with van der Waals surface area (Å²) in [4.78, 5) is 6.46. The fraction of sp³-hybridized carbons (Fsp3) is 0.615. The van der Waals surface area contributed by atoms with Crippen LogP contribution in [0.25, 0.3) is 0 Å². The zero-order valence-electron chi connectivity index (χ0n) is 10.1. The average Bonchev–Trinajstić information content (AvgIpc) is 2.32. The highest BCUT2D eigenvalue weighted by molar-refractivity contribution is 5.15. The molecule has 88 valence electrons. The first-order valence-corrected chi connectivity index (χ1v) is 5.95. The van der Waals surface area contributed by atoms with Crippen LogP contribution in [0.1, 0.15) is 26.2 Å². The highest BCUT2D eigenvalue weighted by Crippen LogP contribution is 2.27. The van der Waals surface area contributed by atoms with Crippen LogP contribution >= 0.6 is 0 Å². The Hall–Kier alpha value is -1.09. The summed E-state index contributed by atoms with van der Waals surface area (Å²) < 4.78 is 5.81. The monoisotopic (exact) mass is 220 g/mol. The molecule has 0 aromatic carbocycles. The summed E-state index contributed by atoms with van der Waals surface area (Å²) in [6.45, 7) is 4.20. The molecule has 0 amide bonds. The number of aromatic nitrogens is 1. The van der Waals surface area contributed by atoms with Crippen LogP contribution < -0.4 is 4.74 Å². The van der Waals surface area contributed by atoms with Gasteiger partial charge >= 0.3 is 0 Å². The average molecular weight is 220 g/mol. The van der Waals surface area contributed by atoms with E-state index in [1.165, 1.54) is 25.8 Å². The molecule has 1 unspecified atom stereocenters. The van der Waals surface area contributed by atoms with Crippen LogP contribution in [-0.2, 0) is 0 Å². The molecular formula is C13H20N2O. The van der Waals surface area contributed by atoms with E-state index < -0.39 is 0 Å². The summed E-state index contributed by atoms with van der Waals surface area (Å²) in [6.07, 6.45) is 7.35. The lowest BCUT2D eigenvalue weighted by Gasteiger charge is -2.42. The third kappa shape index (κ3) is 2.53. The molecule has 0 aliphatic carbocycles. The van der Waals surface area contributed by atoms with Gasteiger partial charge in [0.1, 0.15) is 12.4 Å². The van der Waals surface area contributed by atoms with Gasteiger partial charge in [-0.1, -0.05) is 6.42 Å². The summed E-state index contributed by atoms with van der Waals surface area (Å²) in [5.74, 6) is 0.864. The second kappa shape index (κ2) is 4.83. The highest BCUT2D eigenvalue weighted by atomic mass is 16.5. The van der Waals surface area contributed by atoms with Crippen molar-refractivity contribution < 1.29 is 4.74 Å². The van der Waals surface area contributed by atoms with Gasteiger partial charge in [0.05, 0.1) is 11.7 Å². The number of likely N-dealkylation sites (N-methyl/N-ethyl adjacent to an activating group) is 1. The van der Waals surface area contributed by atoms with Crippen molar-refractivity contribution in [2.75, 3.05) is 20.2 Å². The molecule has 0 N–H and O–H groups in total. The number of hydrogen-bond acceptors (Lipinski definition) is 3. The van der Waals surface area contributed by atoms with Crippen molar-refractivity contribution >= 4 is 0 Å². The number of likely N-dealkylation sites (tertiary alicyclic amines) is 1. The van der Waals surface area contributed by atoms with Crippen molar-refractivity contribution in [2.45, 2.75) is 31.7 Å². The molecule has 1 aromatic heterocycles. The summed E-state index contributed by atoms with van der Waals surface area (Å²) in [5, 5.41) is 0. The summed E-state index contributed by atoms with van der Waals surface area (Å²) in [5.41, 5.74) is 0.175. The van der Waals surface area contributed by atoms with E-state index in [0.717, 1.165) is 12.4 Å². The van der Waals surface area contributed by atoms with E-state index in [4.69, 9.17) is 4.74 Å². The van der Waals surface area contributed by atoms with Gasteiger partial charge in [-0.3, -0.25) is 9.88 Å². The first-order chi connectivity index (χ1) is 7.71. The molecule has 16 heavy (non-hydrogen) atoms. The van der Waals surface area contributed by atoms with Crippen molar-refractivity contribution in [3.63, 3.8) is 0 Å². The minimum Gasteiger partial charge on any atom is -0.490 e. The molecule has 1 saturated heterocycles. The molecule has 1 fully saturated rings. The molecule has 3 heteroatoms. The highest BCUT2D eigenvalue weighted by Gasteiger charge is 2.32. The Kier molecular flexibility index (Phi) is 3.44. The van der Waals surface area contributed by atoms with E-state index in [2.05, 4.69) is 23.9 Å². The van der Waals surface area contributed by atoms with Crippen LogP contribution in [0.2, 0.25) is 0 Å². The largest absolute Gasteiger partial charge is 0.490 e. The Morgan fingerprint density at radius 2 is 2.38 bits per heavy atom. The van der Waals surface area contributed by atoms with Crippen molar-refractivity contribution in [3.05, 3.63) is 24.5 Å². The molecule has 1 aliphatic rings. The maximum Gasteiger partial charge on any atom is 0.137 e. The number of nitrogens with zero attached hydrogens (tertiary/aromatic N) is 2. The second-order valence-electron chi connectivity index (χ2n) is 4.85. The number of rotatable bonds is 3. The minimum atomic E-state index is 0.175. The standard InChI is InChI=1S/C13H20N2O/c1-13(7-3-4-9-15(13)2)11-16-12-6-5-8-14-10-12/h5-6,8,10H,3-4,7,9,11H2,1-2H3. The number of hydrogen-bond donors (Lipinski definition) is 0. The normalized spacial score (nSPS) is 26.6. The van der Waals surface area contributed by atoms with Gasteiger partial charge in [-0.05, 0) is 45.5 Å². The van der Waals surface area contributed by atoms with Crippen LogP contribution in [0.15, 0.2) is 24.5 Å². The summed E-state index contributed by atoms with van der Waals surface area (Å²) in [7, 11) is 2.19. The molecule has 0 bridgehead atoms. The van der Waals surface area contributed by atoms with Crippen LogP contribution in [0.3, 0.4) is 0 Å². The molecule has 1 aromatic rings. The minimum absolute atomic E-state index is 0.175. The van der Waals surface area contributed by atoms with Crippen molar-refractivity contribution in [3.8, 4) is 5.75 Å². The van der Waals surface area contributed by atoms with Crippen molar-refractivity contribution in [1.29, 1.82) is 0 Å². The van der Waals surface area contributed by atoms with Gasteiger partial charge in [-0.15, -0.1) is 0 Å². The number of pyridine rings is 1. The van der Waals surface area contributed by atoms with Gasteiger partial charge in [-0.25, -0.2) is 0 Å². The SMILES string of the molecule is CN1CCCCC1(C)COc1cccnc1. The number of piperidine rings is 1. The Morgan fingerprint density at radius 3 is 3.06 bits per heavy atom. The molecular weight excluding hydrogens is 200 g/mol. The van der Waals surface area contributed by atoms with E-state index >= 15 is 0 Å². The second-order valence-corrected chi connectivity index (χ2v) is 4.85. The van der Waals surface area contributed by atoms with Gasteiger partial charge in [-0.2, -0.15) is 0 Å². The molecule has 3 nitrogen and oxygen atoms in total. The topological polar surface area (TPSA) is 25.4 Å². The zero-order chi connectivity index (χ0) is 11.4. The van der Waals surface area contributed by atoms with Crippen molar-refractivity contribution in [2.24, 2.45) is 0 Å². The molecule has 0 spiro atoms. The fourth-order valence-corrected chi connectivity index (χ4v) is 2.17. The van der Waals surface area contributed by atoms with Gasteiger partial charge in [0.2, 0.25) is 0 Å². The van der Waals surface area contributed by atoms with E-state index in [9.17, 15) is 0 Å². The zero-order valence-corrected chi connectivity index (χ0v) is 10.1. The molecule has 0 radical (unpaired) electrons. The van der Waals surface area contributed by atoms with Gasteiger partial charge in [0.25, 0.3) is 0 Å². The fourth-order valence-electron chi connectivity index (χ4n) is 2.17. The Bertz CT molecular complexity index is 328. The van der Waals surface area contributed by atoms with Crippen LogP contribution in [0.4, 0.5) is 0 Å². The summed E-state index contributed by atoms with van der Waals surface area (Å²) >= 11 is 0. The smallest absolute Gasteiger partial charge is 0.137 e.